The minimum absolute atomic E-state index is 0.0876. The van der Waals surface area contributed by atoms with E-state index < -0.39 is 12.1 Å². The number of aromatic nitrogens is 1. The number of rotatable bonds is 6. The molecule has 1 saturated heterocycles. The van der Waals surface area contributed by atoms with E-state index in [0.29, 0.717) is 11.6 Å². The van der Waals surface area contributed by atoms with Gasteiger partial charge in [-0.05, 0) is 38.0 Å². The van der Waals surface area contributed by atoms with Crippen LogP contribution in [-0.4, -0.2) is 36.4 Å². The summed E-state index contributed by atoms with van der Waals surface area (Å²) in [5.74, 6) is -0.396. The van der Waals surface area contributed by atoms with Gasteiger partial charge in [-0.3, -0.25) is 4.98 Å². The Morgan fingerprint density at radius 3 is 3.12 bits per heavy atom. The third-order valence-corrected chi connectivity index (χ3v) is 4.39. The maximum Gasteiger partial charge on any atom is 0.335 e. The quantitative estimate of drug-likeness (QED) is 0.747. The fourth-order valence-electron chi connectivity index (χ4n) is 2.67. The van der Waals surface area contributed by atoms with Gasteiger partial charge in [0.15, 0.2) is 6.10 Å². The van der Waals surface area contributed by atoms with Gasteiger partial charge in [-0.25, -0.2) is 4.79 Å². The molecule has 1 aliphatic rings. The first-order valence-corrected chi connectivity index (χ1v) is 8.45. The van der Waals surface area contributed by atoms with Crippen molar-refractivity contribution in [3.63, 3.8) is 0 Å². The van der Waals surface area contributed by atoms with Crippen molar-refractivity contribution in [2.45, 2.75) is 38.6 Å². The minimum Gasteiger partial charge on any atom is -0.459 e. The van der Waals surface area contributed by atoms with Crippen LogP contribution in [0.1, 0.15) is 25.3 Å². The molecule has 0 N–H and O–H groups in total. The molecule has 1 aromatic heterocycles. The van der Waals surface area contributed by atoms with Gasteiger partial charge in [-0.15, -0.1) is 0 Å². The first-order valence-electron chi connectivity index (χ1n) is 8.07. The lowest BCUT2D eigenvalue weighted by Gasteiger charge is -2.16. The molecule has 6 heteroatoms. The molecule has 0 spiro atoms. The lowest BCUT2D eigenvalue weighted by Crippen LogP contribution is -2.27. The lowest BCUT2D eigenvalue weighted by atomic mass is 10.1. The molecule has 2 unspecified atom stereocenters. The molecule has 2 atom stereocenters. The Morgan fingerprint density at radius 1 is 1.46 bits per heavy atom. The lowest BCUT2D eigenvalue weighted by molar-refractivity contribution is -0.159. The zero-order valence-electron chi connectivity index (χ0n) is 13.5. The number of hydrogen-bond acceptors (Lipinski definition) is 5. The number of carbonyl (C=O) groups is 1. The number of halogens is 1. The van der Waals surface area contributed by atoms with Crippen molar-refractivity contribution in [3.8, 4) is 0 Å². The molecular weight excluding hydrogens is 330 g/mol. The number of nitrogens with zero attached hydrogens (tertiary/aromatic N) is 1. The van der Waals surface area contributed by atoms with Crippen LogP contribution in [0.3, 0.4) is 0 Å². The Kier molecular flexibility index (Phi) is 5.66. The smallest absolute Gasteiger partial charge is 0.335 e. The van der Waals surface area contributed by atoms with E-state index in [-0.39, 0.29) is 12.7 Å². The number of carbonyl (C=O) groups excluding carboxylic acids is 1. The summed E-state index contributed by atoms with van der Waals surface area (Å²) in [6, 6.07) is 7.32. The third kappa shape index (κ3) is 4.04. The summed E-state index contributed by atoms with van der Waals surface area (Å²) in [5.41, 5.74) is 1.56. The summed E-state index contributed by atoms with van der Waals surface area (Å²) in [4.78, 5) is 16.4. The number of hydrogen-bond donors (Lipinski definition) is 0. The Bertz CT molecular complexity index is 715. The molecule has 1 fully saturated rings. The number of ether oxygens (including phenoxy) is 3. The SMILES string of the molecule is CC(OCC1CCCO1)C(=O)OCc1ccc(Cl)c2cccnc12. The molecule has 2 heterocycles. The fourth-order valence-corrected chi connectivity index (χ4v) is 2.89. The van der Waals surface area contributed by atoms with Gasteiger partial charge < -0.3 is 14.2 Å². The van der Waals surface area contributed by atoms with E-state index in [1.54, 1.807) is 19.2 Å². The number of benzene rings is 1. The van der Waals surface area contributed by atoms with Gasteiger partial charge in [0.05, 0.1) is 18.2 Å². The number of fused-ring (bicyclic) bond motifs is 1. The van der Waals surface area contributed by atoms with Crippen LogP contribution in [0.5, 0.6) is 0 Å². The Labute approximate surface area is 145 Å². The van der Waals surface area contributed by atoms with E-state index in [0.717, 1.165) is 35.9 Å². The summed E-state index contributed by atoms with van der Waals surface area (Å²) in [7, 11) is 0. The molecular formula is C18H20ClNO4. The molecule has 0 amide bonds. The van der Waals surface area contributed by atoms with Gasteiger partial charge in [0.1, 0.15) is 6.61 Å². The van der Waals surface area contributed by atoms with Crippen LogP contribution in [0.2, 0.25) is 5.02 Å². The first-order chi connectivity index (χ1) is 11.6. The molecule has 5 nitrogen and oxygen atoms in total. The van der Waals surface area contributed by atoms with Crippen molar-refractivity contribution in [1.29, 1.82) is 0 Å². The van der Waals surface area contributed by atoms with Crippen LogP contribution in [0.25, 0.3) is 10.9 Å². The molecule has 1 aromatic carbocycles. The van der Waals surface area contributed by atoms with Crippen LogP contribution in [0.4, 0.5) is 0 Å². The monoisotopic (exact) mass is 349 g/mol. The highest BCUT2D eigenvalue weighted by molar-refractivity contribution is 6.35. The summed E-state index contributed by atoms with van der Waals surface area (Å²) >= 11 is 6.17. The second-order valence-corrected chi connectivity index (χ2v) is 6.23. The Balaban J connectivity index is 1.57. The minimum atomic E-state index is -0.624. The van der Waals surface area contributed by atoms with Crippen molar-refractivity contribution in [2.24, 2.45) is 0 Å². The Morgan fingerprint density at radius 2 is 2.33 bits per heavy atom. The molecule has 3 rings (SSSR count). The molecule has 1 aliphatic heterocycles. The van der Waals surface area contributed by atoms with Crippen LogP contribution >= 0.6 is 11.6 Å². The molecule has 0 radical (unpaired) electrons. The zero-order valence-corrected chi connectivity index (χ0v) is 14.3. The van der Waals surface area contributed by atoms with E-state index in [2.05, 4.69) is 4.98 Å². The highest BCUT2D eigenvalue weighted by Gasteiger charge is 2.21. The van der Waals surface area contributed by atoms with E-state index in [1.165, 1.54) is 0 Å². The van der Waals surface area contributed by atoms with Gasteiger partial charge in [-0.1, -0.05) is 17.7 Å². The van der Waals surface area contributed by atoms with Crippen LogP contribution in [0, 0.1) is 0 Å². The standard InChI is InChI=1S/C18H20ClNO4/c1-12(23-11-14-4-3-9-22-14)18(21)24-10-13-6-7-16(19)15-5-2-8-20-17(13)15/h2,5-8,12,14H,3-4,9-11H2,1H3. The normalized spacial score (nSPS) is 18.7. The average Bonchev–Trinajstić information content (AvgIpc) is 3.12. The van der Waals surface area contributed by atoms with Crippen molar-refractivity contribution in [3.05, 3.63) is 41.0 Å². The van der Waals surface area contributed by atoms with Gasteiger partial charge in [0, 0.05) is 28.8 Å². The fraction of sp³-hybridized carbons (Fsp3) is 0.444. The first kappa shape index (κ1) is 17.1. The molecule has 0 aliphatic carbocycles. The largest absolute Gasteiger partial charge is 0.459 e. The van der Waals surface area contributed by atoms with E-state index in [1.807, 2.05) is 18.2 Å². The van der Waals surface area contributed by atoms with Crippen LogP contribution in [-0.2, 0) is 25.6 Å². The highest BCUT2D eigenvalue weighted by atomic mass is 35.5. The van der Waals surface area contributed by atoms with Crippen LogP contribution < -0.4 is 0 Å². The number of pyridine rings is 1. The van der Waals surface area contributed by atoms with Crippen molar-refractivity contribution < 1.29 is 19.0 Å². The topological polar surface area (TPSA) is 57.7 Å². The maximum absolute atomic E-state index is 12.1. The summed E-state index contributed by atoms with van der Waals surface area (Å²) in [6.07, 6.45) is 3.18. The van der Waals surface area contributed by atoms with Crippen LogP contribution in [0.15, 0.2) is 30.5 Å². The second-order valence-electron chi connectivity index (χ2n) is 5.82. The summed E-state index contributed by atoms with van der Waals surface area (Å²) in [6.45, 7) is 3.01. The van der Waals surface area contributed by atoms with Crippen molar-refractivity contribution in [2.75, 3.05) is 13.2 Å². The van der Waals surface area contributed by atoms with Gasteiger partial charge in [0.2, 0.25) is 0 Å². The predicted molar refractivity (Wildman–Crippen MR) is 90.9 cm³/mol. The Hall–Kier alpha value is -1.69. The van der Waals surface area contributed by atoms with Crippen molar-refractivity contribution in [1.82, 2.24) is 4.98 Å². The predicted octanol–water partition coefficient (Wildman–Crippen LogP) is 3.52. The van der Waals surface area contributed by atoms with Gasteiger partial charge in [-0.2, -0.15) is 0 Å². The van der Waals surface area contributed by atoms with Gasteiger partial charge in [0.25, 0.3) is 0 Å². The summed E-state index contributed by atoms with van der Waals surface area (Å²) < 4.78 is 16.4. The van der Waals surface area contributed by atoms with E-state index in [4.69, 9.17) is 25.8 Å². The average molecular weight is 350 g/mol. The molecule has 0 saturated carbocycles. The second kappa shape index (κ2) is 7.92. The van der Waals surface area contributed by atoms with E-state index >= 15 is 0 Å². The number of esters is 1. The summed E-state index contributed by atoms with van der Waals surface area (Å²) in [5, 5.41) is 1.47. The zero-order chi connectivity index (χ0) is 16.9. The maximum atomic E-state index is 12.1. The molecule has 0 bridgehead atoms. The van der Waals surface area contributed by atoms with Crippen molar-refractivity contribution >= 4 is 28.5 Å². The molecule has 2 aromatic rings. The van der Waals surface area contributed by atoms with E-state index in [9.17, 15) is 4.79 Å². The van der Waals surface area contributed by atoms with Gasteiger partial charge >= 0.3 is 5.97 Å². The highest BCUT2D eigenvalue weighted by Crippen LogP contribution is 2.25. The molecule has 128 valence electrons. The third-order valence-electron chi connectivity index (χ3n) is 4.06. The molecule has 24 heavy (non-hydrogen) atoms.